The summed E-state index contributed by atoms with van der Waals surface area (Å²) < 4.78 is 44.2. The minimum absolute atomic E-state index is 0.186. The average Bonchev–Trinajstić information content (AvgIpc) is 2.34. The Hall–Kier alpha value is -1.34. The number of hydrogen-bond donors (Lipinski definition) is 1. The van der Waals surface area contributed by atoms with Crippen molar-refractivity contribution in [1.29, 1.82) is 0 Å². The Morgan fingerprint density at radius 2 is 2.18 bits per heavy atom. The van der Waals surface area contributed by atoms with Crippen molar-refractivity contribution >= 4 is 5.82 Å². The first-order valence-corrected chi connectivity index (χ1v) is 5.10. The minimum Gasteiger partial charge on any atom is -0.394 e. The highest BCUT2D eigenvalue weighted by atomic mass is 19.2. The highest BCUT2D eigenvalue weighted by Gasteiger charge is 2.24. The molecule has 0 amide bonds. The maximum atomic E-state index is 13.4. The number of rotatable bonds is 2. The van der Waals surface area contributed by atoms with Crippen molar-refractivity contribution in [3.63, 3.8) is 0 Å². The lowest BCUT2D eigenvalue weighted by Crippen LogP contribution is -2.45. The van der Waals surface area contributed by atoms with Gasteiger partial charge < -0.3 is 14.7 Å². The van der Waals surface area contributed by atoms with Gasteiger partial charge in [-0.1, -0.05) is 0 Å². The third-order valence-electron chi connectivity index (χ3n) is 2.51. The molecule has 1 aliphatic heterocycles. The molecule has 1 aliphatic rings. The van der Waals surface area contributed by atoms with Gasteiger partial charge in [-0.3, -0.25) is 0 Å². The monoisotopic (exact) mass is 248 g/mol. The topological polar surface area (TPSA) is 45.6 Å². The number of ether oxygens (including phenoxy) is 1. The Morgan fingerprint density at radius 3 is 2.88 bits per heavy atom. The normalized spacial score (nSPS) is 20.7. The number of aliphatic hydroxyl groups excluding tert-OH is 1. The van der Waals surface area contributed by atoms with Crippen LogP contribution in [0.25, 0.3) is 0 Å². The Labute approximate surface area is 95.6 Å². The van der Waals surface area contributed by atoms with E-state index in [-0.39, 0.29) is 25.6 Å². The van der Waals surface area contributed by atoms with Crippen LogP contribution in [-0.4, -0.2) is 42.5 Å². The molecule has 0 spiro atoms. The lowest BCUT2D eigenvalue weighted by molar-refractivity contribution is 0.00313. The van der Waals surface area contributed by atoms with E-state index in [4.69, 9.17) is 9.84 Å². The van der Waals surface area contributed by atoms with E-state index in [1.165, 1.54) is 4.90 Å². The zero-order valence-electron chi connectivity index (χ0n) is 8.87. The summed E-state index contributed by atoms with van der Waals surface area (Å²) in [6.07, 6.45) is -0.474. The molecule has 4 nitrogen and oxygen atoms in total. The van der Waals surface area contributed by atoms with Crippen LogP contribution in [0.3, 0.4) is 0 Å². The third-order valence-corrected chi connectivity index (χ3v) is 2.51. The average molecular weight is 248 g/mol. The maximum Gasteiger partial charge on any atom is 0.251 e. The fraction of sp³-hybridized carbons (Fsp3) is 0.500. The van der Waals surface area contributed by atoms with Crippen LogP contribution in [0.1, 0.15) is 0 Å². The second kappa shape index (κ2) is 4.89. The molecule has 7 heteroatoms. The first-order valence-electron chi connectivity index (χ1n) is 5.10. The van der Waals surface area contributed by atoms with Crippen LogP contribution in [0.5, 0.6) is 0 Å². The van der Waals surface area contributed by atoms with Crippen LogP contribution >= 0.6 is 0 Å². The predicted molar refractivity (Wildman–Crippen MR) is 53.1 cm³/mol. The first-order chi connectivity index (χ1) is 8.11. The van der Waals surface area contributed by atoms with Gasteiger partial charge in [-0.25, -0.2) is 8.78 Å². The standard InChI is InChI=1S/C10H11F3N2O2/c11-7-3-8(12)10(14-9(7)13)15-1-2-17-6(4-15)5-16/h3,6,16H,1-2,4-5H2. The van der Waals surface area contributed by atoms with Crippen LogP contribution in [-0.2, 0) is 4.74 Å². The molecule has 2 heterocycles. The number of hydrogen-bond acceptors (Lipinski definition) is 4. The van der Waals surface area contributed by atoms with E-state index in [9.17, 15) is 13.2 Å². The zero-order chi connectivity index (χ0) is 12.4. The molecule has 1 N–H and O–H groups in total. The lowest BCUT2D eigenvalue weighted by atomic mass is 10.2. The molecule has 1 aromatic heterocycles. The predicted octanol–water partition coefficient (Wildman–Crippen LogP) is 0.696. The summed E-state index contributed by atoms with van der Waals surface area (Å²) in [4.78, 5) is 4.66. The first kappa shape index (κ1) is 12.1. The van der Waals surface area contributed by atoms with Crippen LogP contribution < -0.4 is 4.90 Å². The number of nitrogens with zero attached hydrogens (tertiary/aromatic N) is 2. The molecule has 1 unspecified atom stereocenters. The molecule has 0 radical (unpaired) electrons. The molecule has 0 bridgehead atoms. The Balaban J connectivity index is 2.24. The van der Waals surface area contributed by atoms with E-state index in [1.807, 2.05) is 0 Å². The van der Waals surface area contributed by atoms with E-state index in [2.05, 4.69) is 4.98 Å². The Morgan fingerprint density at radius 1 is 1.41 bits per heavy atom. The molecule has 17 heavy (non-hydrogen) atoms. The molecule has 0 saturated carbocycles. The summed E-state index contributed by atoms with van der Waals surface area (Å²) in [5.41, 5.74) is 0. The van der Waals surface area contributed by atoms with Crippen molar-refractivity contribution in [1.82, 2.24) is 4.98 Å². The van der Waals surface area contributed by atoms with E-state index in [0.29, 0.717) is 12.6 Å². The number of aliphatic hydroxyl groups is 1. The van der Waals surface area contributed by atoms with Gasteiger partial charge in [-0.05, 0) is 0 Å². The maximum absolute atomic E-state index is 13.4. The summed E-state index contributed by atoms with van der Waals surface area (Å²) in [6.45, 7) is 0.546. The molecule has 0 aliphatic carbocycles. The van der Waals surface area contributed by atoms with Crippen LogP contribution in [0.4, 0.5) is 19.0 Å². The smallest absolute Gasteiger partial charge is 0.251 e. The second-order valence-corrected chi connectivity index (χ2v) is 3.69. The van der Waals surface area contributed by atoms with E-state index in [1.54, 1.807) is 0 Å². The van der Waals surface area contributed by atoms with Crippen molar-refractivity contribution < 1.29 is 23.0 Å². The van der Waals surface area contributed by atoms with E-state index in [0.717, 1.165) is 0 Å². The molecule has 2 rings (SSSR count). The molecule has 0 aromatic carbocycles. The molecule has 1 atom stereocenters. The van der Waals surface area contributed by atoms with Gasteiger partial charge in [0.25, 0.3) is 5.95 Å². The quantitative estimate of drug-likeness (QED) is 0.782. The molecule has 94 valence electrons. The summed E-state index contributed by atoms with van der Waals surface area (Å²) in [5, 5.41) is 8.92. The number of halogens is 3. The number of morpholine rings is 1. The largest absolute Gasteiger partial charge is 0.394 e. The van der Waals surface area contributed by atoms with Gasteiger partial charge in [0.2, 0.25) is 0 Å². The van der Waals surface area contributed by atoms with Gasteiger partial charge >= 0.3 is 0 Å². The number of pyridine rings is 1. The fourth-order valence-corrected chi connectivity index (χ4v) is 1.68. The highest BCUT2D eigenvalue weighted by Crippen LogP contribution is 2.21. The zero-order valence-corrected chi connectivity index (χ0v) is 8.87. The van der Waals surface area contributed by atoms with Gasteiger partial charge in [0.05, 0.1) is 19.3 Å². The molecular formula is C10H11F3N2O2. The molecule has 1 aromatic rings. The summed E-state index contributed by atoms with van der Waals surface area (Å²) >= 11 is 0. The van der Waals surface area contributed by atoms with Crippen LogP contribution in [0, 0.1) is 17.6 Å². The van der Waals surface area contributed by atoms with E-state index < -0.39 is 23.7 Å². The number of aromatic nitrogens is 1. The van der Waals surface area contributed by atoms with Crippen molar-refractivity contribution in [3.05, 3.63) is 23.6 Å². The minimum atomic E-state index is -1.34. The fourth-order valence-electron chi connectivity index (χ4n) is 1.68. The van der Waals surface area contributed by atoms with Gasteiger partial charge in [-0.15, -0.1) is 0 Å². The van der Waals surface area contributed by atoms with Crippen molar-refractivity contribution in [2.45, 2.75) is 6.10 Å². The van der Waals surface area contributed by atoms with Crippen molar-refractivity contribution in [2.24, 2.45) is 0 Å². The third kappa shape index (κ3) is 2.50. The molecule has 1 saturated heterocycles. The summed E-state index contributed by atoms with van der Waals surface area (Å²) in [6, 6.07) is 0.459. The highest BCUT2D eigenvalue weighted by molar-refractivity contribution is 5.40. The van der Waals surface area contributed by atoms with Crippen LogP contribution in [0.2, 0.25) is 0 Å². The molecule has 1 fully saturated rings. The SMILES string of the molecule is OCC1CN(c2nc(F)c(F)cc2F)CCO1. The van der Waals surface area contributed by atoms with Gasteiger partial charge in [0.1, 0.15) is 0 Å². The second-order valence-electron chi connectivity index (χ2n) is 3.69. The Kier molecular flexibility index (Phi) is 3.49. The lowest BCUT2D eigenvalue weighted by Gasteiger charge is -2.32. The number of anilines is 1. The van der Waals surface area contributed by atoms with E-state index >= 15 is 0 Å². The molecular weight excluding hydrogens is 237 g/mol. The summed E-state index contributed by atoms with van der Waals surface area (Å²) in [5.74, 6) is -3.85. The van der Waals surface area contributed by atoms with Crippen molar-refractivity contribution in [3.8, 4) is 0 Å². The Bertz CT molecular complexity index is 417. The van der Waals surface area contributed by atoms with Crippen molar-refractivity contribution in [2.75, 3.05) is 31.2 Å². The summed E-state index contributed by atoms with van der Waals surface area (Å²) in [7, 11) is 0. The van der Waals surface area contributed by atoms with Crippen LogP contribution in [0.15, 0.2) is 6.07 Å². The van der Waals surface area contributed by atoms with Gasteiger partial charge in [0, 0.05) is 19.2 Å². The van der Waals surface area contributed by atoms with Gasteiger partial charge in [-0.2, -0.15) is 9.37 Å². The van der Waals surface area contributed by atoms with Gasteiger partial charge in [0.15, 0.2) is 17.5 Å².